The molecule has 0 atom stereocenters. The van der Waals surface area contributed by atoms with Gasteiger partial charge in [0.1, 0.15) is 0 Å². The van der Waals surface area contributed by atoms with Gasteiger partial charge in [-0.25, -0.2) is 4.79 Å². The van der Waals surface area contributed by atoms with Gasteiger partial charge in [-0.1, -0.05) is 26.0 Å². The second kappa shape index (κ2) is 6.16. The van der Waals surface area contributed by atoms with Gasteiger partial charge in [-0.05, 0) is 24.5 Å². The predicted molar refractivity (Wildman–Crippen MR) is 65.7 cm³/mol. The number of esters is 1. The van der Waals surface area contributed by atoms with E-state index >= 15 is 0 Å². The molecule has 0 aliphatic carbocycles. The number of carbonyl (C=O) groups excluding carboxylic acids is 1. The summed E-state index contributed by atoms with van der Waals surface area (Å²) in [7, 11) is 1.79. The zero-order valence-corrected chi connectivity index (χ0v) is 10.1. The van der Waals surface area contributed by atoms with E-state index in [-0.39, 0.29) is 5.97 Å². The third kappa shape index (κ3) is 3.57. The zero-order chi connectivity index (χ0) is 12.0. The molecule has 1 aromatic carbocycles. The van der Waals surface area contributed by atoms with E-state index in [1.165, 1.54) is 0 Å². The van der Waals surface area contributed by atoms with Crippen LogP contribution in [0.2, 0.25) is 0 Å². The van der Waals surface area contributed by atoms with E-state index < -0.39 is 0 Å². The van der Waals surface area contributed by atoms with Crippen molar-refractivity contribution in [3.63, 3.8) is 0 Å². The number of carbonyl (C=O) groups is 1. The summed E-state index contributed by atoms with van der Waals surface area (Å²) in [5.74, 6) is 0.290. The first kappa shape index (κ1) is 12.6. The van der Waals surface area contributed by atoms with Gasteiger partial charge in [0.2, 0.25) is 0 Å². The van der Waals surface area contributed by atoms with Crippen molar-refractivity contribution in [3.05, 3.63) is 29.8 Å². The molecule has 0 radical (unpaired) electrons. The molecule has 0 saturated carbocycles. The second-order valence-corrected chi connectivity index (χ2v) is 4.11. The van der Waals surface area contributed by atoms with Gasteiger partial charge < -0.3 is 10.1 Å². The van der Waals surface area contributed by atoms with Crippen LogP contribution in [0.4, 0.5) is 5.69 Å². The number of benzene rings is 1. The lowest BCUT2D eigenvalue weighted by Gasteiger charge is -2.09. The Morgan fingerprint density at radius 3 is 2.69 bits per heavy atom. The summed E-state index contributed by atoms with van der Waals surface area (Å²) in [6.45, 7) is 4.69. The third-order valence-corrected chi connectivity index (χ3v) is 2.34. The lowest BCUT2D eigenvalue weighted by Crippen LogP contribution is -2.10. The van der Waals surface area contributed by atoms with Crippen LogP contribution in [0.25, 0.3) is 0 Å². The third-order valence-electron chi connectivity index (χ3n) is 2.34. The first-order chi connectivity index (χ1) is 7.65. The molecule has 0 aliphatic rings. The summed E-state index contributed by atoms with van der Waals surface area (Å²) in [6.07, 6.45) is 0.896. The van der Waals surface area contributed by atoms with Gasteiger partial charge in [-0.15, -0.1) is 0 Å². The van der Waals surface area contributed by atoms with E-state index in [4.69, 9.17) is 4.74 Å². The molecule has 1 N–H and O–H groups in total. The number of hydrogen-bond donors (Lipinski definition) is 1. The van der Waals surface area contributed by atoms with E-state index in [0.29, 0.717) is 18.1 Å². The van der Waals surface area contributed by atoms with Crippen LogP contribution in [0.3, 0.4) is 0 Å². The van der Waals surface area contributed by atoms with Crippen LogP contribution in [0.5, 0.6) is 0 Å². The maximum Gasteiger partial charge on any atom is 0.340 e. The fourth-order valence-corrected chi connectivity index (χ4v) is 1.34. The summed E-state index contributed by atoms with van der Waals surface area (Å²) in [5, 5.41) is 2.97. The Balaban J connectivity index is 2.59. The van der Waals surface area contributed by atoms with Crippen molar-refractivity contribution in [1.82, 2.24) is 0 Å². The number of ether oxygens (including phenoxy) is 1. The van der Waals surface area contributed by atoms with Crippen LogP contribution in [0.1, 0.15) is 30.6 Å². The molecule has 3 heteroatoms. The van der Waals surface area contributed by atoms with E-state index in [1.807, 2.05) is 18.2 Å². The second-order valence-electron chi connectivity index (χ2n) is 4.11. The van der Waals surface area contributed by atoms with E-state index in [1.54, 1.807) is 13.1 Å². The summed E-state index contributed by atoms with van der Waals surface area (Å²) in [5.41, 5.74) is 1.39. The topological polar surface area (TPSA) is 38.3 Å². The molecule has 1 rings (SSSR count). The number of hydrogen-bond acceptors (Lipinski definition) is 3. The molecule has 0 aliphatic heterocycles. The van der Waals surface area contributed by atoms with Crippen LogP contribution < -0.4 is 5.32 Å². The number of para-hydroxylation sites is 1. The monoisotopic (exact) mass is 221 g/mol. The Kier molecular flexibility index (Phi) is 4.83. The number of nitrogens with one attached hydrogen (secondary N) is 1. The standard InChI is InChI=1S/C13H19NO2/c1-10(2)8-9-16-13(15)11-6-4-5-7-12(11)14-3/h4-7,10,14H,8-9H2,1-3H3. The molecule has 0 amide bonds. The molecular formula is C13H19NO2. The van der Waals surface area contributed by atoms with Gasteiger partial charge in [-0.3, -0.25) is 0 Å². The van der Waals surface area contributed by atoms with Gasteiger partial charge in [0.25, 0.3) is 0 Å². The fraction of sp³-hybridized carbons (Fsp3) is 0.462. The highest BCUT2D eigenvalue weighted by atomic mass is 16.5. The highest BCUT2D eigenvalue weighted by molar-refractivity contribution is 5.95. The SMILES string of the molecule is CNc1ccccc1C(=O)OCCC(C)C. The molecule has 88 valence electrons. The quantitative estimate of drug-likeness (QED) is 0.777. The largest absolute Gasteiger partial charge is 0.462 e. The van der Waals surface area contributed by atoms with Crippen molar-refractivity contribution < 1.29 is 9.53 Å². The Morgan fingerprint density at radius 2 is 2.06 bits per heavy atom. The lowest BCUT2D eigenvalue weighted by atomic mass is 10.1. The van der Waals surface area contributed by atoms with Crippen molar-refractivity contribution in [2.75, 3.05) is 19.0 Å². The van der Waals surface area contributed by atoms with Crippen molar-refractivity contribution in [3.8, 4) is 0 Å². The highest BCUT2D eigenvalue weighted by Crippen LogP contribution is 2.15. The van der Waals surface area contributed by atoms with Crippen LogP contribution in [-0.4, -0.2) is 19.6 Å². The van der Waals surface area contributed by atoms with Gasteiger partial charge in [-0.2, -0.15) is 0 Å². The molecule has 0 unspecified atom stereocenters. The smallest absolute Gasteiger partial charge is 0.340 e. The Bertz CT molecular complexity index is 348. The fourth-order valence-electron chi connectivity index (χ4n) is 1.34. The van der Waals surface area contributed by atoms with Crippen molar-refractivity contribution in [2.45, 2.75) is 20.3 Å². The Labute approximate surface area is 96.8 Å². The average molecular weight is 221 g/mol. The minimum Gasteiger partial charge on any atom is -0.462 e. The minimum atomic E-state index is -0.259. The molecular weight excluding hydrogens is 202 g/mol. The van der Waals surface area contributed by atoms with Crippen LogP contribution in [0, 0.1) is 5.92 Å². The van der Waals surface area contributed by atoms with Gasteiger partial charge >= 0.3 is 5.97 Å². The highest BCUT2D eigenvalue weighted by Gasteiger charge is 2.11. The molecule has 0 heterocycles. The molecule has 0 aromatic heterocycles. The average Bonchev–Trinajstić information content (AvgIpc) is 2.28. The van der Waals surface area contributed by atoms with Crippen molar-refractivity contribution in [1.29, 1.82) is 0 Å². The Hall–Kier alpha value is -1.51. The first-order valence-corrected chi connectivity index (χ1v) is 5.59. The predicted octanol–water partition coefficient (Wildman–Crippen LogP) is 2.93. The maximum atomic E-state index is 11.7. The van der Waals surface area contributed by atoms with Gasteiger partial charge in [0, 0.05) is 12.7 Å². The summed E-state index contributed by atoms with van der Waals surface area (Å²) >= 11 is 0. The van der Waals surface area contributed by atoms with E-state index in [9.17, 15) is 4.79 Å². The van der Waals surface area contributed by atoms with Crippen molar-refractivity contribution in [2.24, 2.45) is 5.92 Å². The molecule has 0 saturated heterocycles. The van der Waals surface area contributed by atoms with Crippen molar-refractivity contribution >= 4 is 11.7 Å². The van der Waals surface area contributed by atoms with E-state index in [2.05, 4.69) is 19.2 Å². The molecule has 1 aromatic rings. The minimum absolute atomic E-state index is 0.259. The van der Waals surface area contributed by atoms with E-state index in [0.717, 1.165) is 12.1 Å². The number of anilines is 1. The van der Waals surface area contributed by atoms with Crippen LogP contribution >= 0.6 is 0 Å². The molecule has 0 fully saturated rings. The summed E-state index contributed by atoms with van der Waals surface area (Å²) < 4.78 is 5.20. The van der Waals surface area contributed by atoms with Gasteiger partial charge in [0.05, 0.1) is 12.2 Å². The molecule has 3 nitrogen and oxygen atoms in total. The summed E-state index contributed by atoms with van der Waals surface area (Å²) in [6, 6.07) is 7.35. The normalized spacial score (nSPS) is 10.2. The molecule has 16 heavy (non-hydrogen) atoms. The summed E-state index contributed by atoms with van der Waals surface area (Å²) in [4.78, 5) is 11.7. The van der Waals surface area contributed by atoms with Crippen LogP contribution in [0.15, 0.2) is 24.3 Å². The van der Waals surface area contributed by atoms with Gasteiger partial charge in [0.15, 0.2) is 0 Å². The van der Waals surface area contributed by atoms with Crippen LogP contribution in [-0.2, 0) is 4.74 Å². The first-order valence-electron chi connectivity index (χ1n) is 5.59. The molecule has 0 spiro atoms. The number of rotatable bonds is 5. The molecule has 0 bridgehead atoms. The maximum absolute atomic E-state index is 11.7. The Morgan fingerprint density at radius 1 is 1.38 bits per heavy atom. The lowest BCUT2D eigenvalue weighted by molar-refractivity contribution is 0.0489. The zero-order valence-electron chi connectivity index (χ0n) is 10.1.